The molecule has 2 atom stereocenters. The first-order valence-electron chi connectivity index (χ1n) is 13.9. The normalized spacial score (nSPS) is 18.3. The van der Waals surface area contributed by atoms with Gasteiger partial charge in [-0.1, -0.05) is 19.1 Å². The minimum atomic E-state index is -0.593. The van der Waals surface area contributed by atoms with Gasteiger partial charge in [0.25, 0.3) is 0 Å². The third-order valence-corrected chi connectivity index (χ3v) is 7.47. The molecule has 4 rings (SSSR count). The number of piperidine rings is 1. The number of ether oxygens (including phenoxy) is 3. The Bertz CT molecular complexity index is 1350. The van der Waals surface area contributed by atoms with Gasteiger partial charge >= 0.3 is 12.1 Å². The number of aryl methyl sites for hydroxylation is 2. The summed E-state index contributed by atoms with van der Waals surface area (Å²) in [6.45, 7) is 15.7. The van der Waals surface area contributed by atoms with E-state index in [0.717, 1.165) is 52.9 Å². The van der Waals surface area contributed by atoms with Crippen LogP contribution < -0.4 is 4.74 Å². The average Bonchev–Trinajstić information content (AvgIpc) is 3.23. The lowest BCUT2D eigenvalue weighted by atomic mass is 9.87. The maximum absolute atomic E-state index is 13.2. The highest BCUT2D eigenvalue weighted by Crippen LogP contribution is 2.40. The Morgan fingerprint density at radius 3 is 2.38 bits per heavy atom. The van der Waals surface area contributed by atoms with E-state index in [1.54, 1.807) is 11.7 Å². The van der Waals surface area contributed by atoms with E-state index in [0.29, 0.717) is 24.6 Å². The SMILES string of the molecule is CCOC(=O)c1ccc([C@@H]2C[C@H](C)CCN2Cc2c(OC)cc(C)c3c2cc(C)n3C(=O)OC(C)(C)C)cc1. The van der Waals surface area contributed by atoms with Gasteiger partial charge in [0, 0.05) is 29.2 Å². The summed E-state index contributed by atoms with van der Waals surface area (Å²) in [5, 5.41) is 1.00. The minimum absolute atomic E-state index is 0.195. The summed E-state index contributed by atoms with van der Waals surface area (Å²) in [5.74, 6) is 1.11. The van der Waals surface area contributed by atoms with Crippen molar-refractivity contribution in [2.24, 2.45) is 5.92 Å². The summed E-state index contributed by atoms with van der Waals surface area (Å²) < 4.78 is 18.5. The zero-order chi connectivity index (χ0) is 28.5. The number of likely N-dealkylation sites (tertiary alicyclic amines) is 1. The summed E-state index contributed by atoms with van der Waals surface area (Å²) in [5.41, 5.74) is 4.86. The number of fused-ring (bicyclic) bond motifs is 1. The molecule has 39 heavy (non-hydrogen) atoms. The topological polar surface area (TPSA) is 70.0 Å². The molecule has 1 aliphatic rings. The Labute approximate surface area is 232 Å². The quantitative estimate of drug-likeness (QED) is 0.312. The maximum Gasteiger partial charge on any atom is 0.419 e. The number of nitrogens with zero attached hydrogens (tertiary/aromatic N) is 2. The van der Waals surface area contributed by atoms with Gasteiger partial charge in [0.05, 0.1) is 24.8 Å². The maximum atomic E-state index is 13.2. The van der Waals surface area contributed by atoms with Crippen LogP contribution in [0.25, 0.3) is 10.9 Å². The van der Waals surface area contributed by atoms with Crippen molar-refractivity contribution < 1.29 is 23.8 Å². The predicted molar refractivity (Wildman–Crippen MR) is 154 cm³/mol. The fourth-order valence-corrected chi connectivity index (χ4v) is 5.62. The van der Waals surface area contributed by atoms with Crippen LogP contribution in [-0.4, -0.2) is 47.4 Å². The van der Waals surface area contributed by atoms with Crippen LogP contribution in [0.4, 0.5) is 4.79 Å². The monoisotopic (exact) mass is 534 g/mol. The van der Waals surface area contributed by atoms with E-state index in [4.69, 9.17) is 14.2 Å². The van der Waals surface area contributed by atoms with Gasteiger partial charge in [-0.3, -0.25) is 4.90 Å². The highest BCUT2D eigenvalue weighted by molar-refractivity contribution is 5.96. The van der Waals surface area contributed by atoms with Crippen molar-refractivity contribution >= 4 is 23.0 Å². The third-order valence-electron chi connectivity index (χ3n) is 7.47. The fourth-order valence-electron chi connectivity index (χ4n) is 5.62. The second-order valence-corrected chi connectivity index (χ2v) is 11.7. The molecule has 210 valence electrons. The number of rotatable bonds is 6. The van der Waals surface area contributed by atoms with Gasteiger partial charge in [0.1, 0.15) is 11.4 Å². The molecule has 0 spiro atoms. The molecular formula is C32H42N2O5. The smallest absolute Gasteiger partial charge is 0.419 e. The van der Waals surface area contributed by atoms with Crippen LogP contribution in [0.2, 0.25) is 0 Å². The van der Waals surface area contributed by atoms with Crippen LogP contribution in [0, 0.1) is 19.8 Å². The lowest BCUT2D eigenvalue weighted by molar-refractivity contribution is 0.0521. The number of methoxy groups -OCH3 is 1. The molecule has 1 aliphatic heterocycles. The second kappa shape index (κ2) is 11.4. The van der Waals surface area contributed by atoms with E-state index in [1.165, 1.54) is 5.56 Å². The molecule has 3 aromatic rings. The summed E-state index contributed by atoms with van der Waals surface area (Å²) in [6.07, 6.45) is 1.75. The van der Waals surface area contributed by atoms with Crippen molar-refractivity contribution in [3.8, 4) is 5.75 Å². The Morgan fingerprint density at radius 2 is 1.77 bits per heavy atom. The van der Waals surface area contributed by atoms with Crippen molar-refractivity contribution in [2.75, 3.05) is 20.3 Å². The molecule has 0 radical (unpaired) electrons. The zero-order valence-corrected chi connectivity index (χ0v) is 24.6. The summed E-state index contributed by atoms with van der Waals surface area (Å²) in [4.78, 5) is 27.9. The number of carbonyl (C=O) groups excluding carboxylic acids is 2. The van der Waals surface area contributed by atoms with Crippen molar-refractivity contribution in [1.29, 1.82) is 0 Å². The fraction of sp³-hybridized carbons (Fsp3) is 0.500. The predicted octanol–water partition coefficient (Wildman–Crippen LogP) is 7.20. The molecule has 7 nitrogen and oxygen atoms in total. The largest absolute Gasteiger partial charge is 0.496 e. The Balaban J connectivity index is 1.74. The van der Waals surface area contributed by atoms with Crippen LogP contribution in [0.5, 0.6) is 5.75 Å². The number of hydrogen-bond acceptors (Lipinski definition) is 6. The van der Waals surface area contributed by atoms with Crippen molar-refractivity contribution in [2.45, 2.75) is 79.5 Å². The van der Waals surface area contributed by atoms with Gasteiger partial charge in [-0.05, 0) is 102 Å². The number of hydrogen-bond donors (Lipinski definition) is 0. The summed E-state index contributed by atoms with van der Waals surface area (Å²) >= 11 is 0. The minimum Gasteiger partial charge on any atom is -0.496 e. The number of carbonyl (C=O) groups is 2. The first-order valence-corrected chi connectivity index (χ1v) is 13.9. The third kappa shape index (κ3) is 6.14. The van der Waals surface area contributed by atoms with Crippen LogP contribution in [0.1, 0.15) is 86.2 Å². The number of benzene rings is 2. The van der Waals surface area contributed by atoms with Gasteiger partial charge in [0.2, 0.25) is 0 Å². The van der Waals surface area contributed by atoms with Crippen LogP contribution in [-0.2, 0) is 16.0 Å². The Kier molecular flexibility index (Phi) is 8.40. The van der Waals surface area contributed by atoms with Gasteiger partial charge in [-0.15, -0.1) is 0 Å². The van der Waals surface area contributed by atoms with Crippen LogP contribution >= 0.6 is 0 Å². The highest BCUT2D eigenvalue weighted by atomic mass is 16.6. The van der Waals surface area contributed by atoms with Crippen LogP contribution in [0.15, 0.2) is 36.4 Å². The average molecular weight is 535 g/mol. The van der Waals surface area contributed by atoms with E-state index in [-0.39, 0.29) is 18.1 Å². The van der Waals surface area contributed by atoms with Gasteiger partial charge in [-0.25, -0.2) is 14.2 Å². The molecule has 2 aromatic carbocycles. The van der Waals surface area contributed by atoms with E-state index in [1.807, 2.05) is 71.9 Å². The molecule has 1 saturated heterocycles. The zero-order valence-electron chi connectivity index (χ0n) is 24.6. The molecule has 7 heteroatoms. The molecule has 0 aliphatic carbocycles. The van der Waals surface area contributed by atoms with Crippen molar-refractivity contribution in [3.63, 3.8) is 0 Å². The van der Waals surface area contributed by atoms with E-state index in [2.05, 4.69) is 17.9 Å². The molecule has 2 heterocycles. The molecule has 0 amide bonds. The standard InChI is InChI=1S/C32H42N2O5/c1-9-38-30(35)24-12-10-23(11-13-24)27-16-20(2)14-15-33(27)19-26-25-18-22(4)34(31(36)39-32(5,6)7)29(25)21(3)17-28(26)37-8/h10-13,17-18,20,27H,9,14-16,19H2,1-8H3/t20-,27+/m1/s1. The summed E-state index contributed by atoms with van der Waals surface area (Å²) in [7, 11) is 1.70. The molecular weight excluding hydrogens is 492 g/mol. The first kappa shape index (κ1) is 28.7. The van der Waals surface area contributed by atoms with Crippen molar-refractivity contribution in [3.05, 3.63) is 64.3 Å². The molecule has 0 unspecified atom stereocenters. The number of aromatic nitrogens is 1. The van der Waals surface area contributed by atoms with E-state index < -0.39 is 5.60 Å². The van der Waals surface area contributed by atoms with E-state index >= 15 is 0 Å². The van der Waals surface area contributed by atoms with Gasteiger partial charge in [-0.2, -0.15) is 0 Å². The molecule has 0 saturated carbocycles. The van der Waals surface area contributed by atoms with E-state index in [9.17, 15) is 9.59 Å². The second-order valence-electron chi connectivity index (χ2n) is 11.7. The number of esters is 1. The molecule has 1 fully saturated rings. The lowest BCUT2D eigenvalue weighted by Crippen LogP contribution is -2.36. The first-order chi connectivity index (χ1) is 18.4. The Morgan fingerprint density at radius 1 is 1.08 bits per heavy atom. The molecule has 0 bridgehead atoms. The molecule has 0 N–H and O–H groups in total. The van der Waals surface area contributed by atoms with Gasteiger partial charge < -0.3 is 14.2 Å². The molecule has 1 aromatic heterocycles. The van der Waals surface area contributed by atoms with Crippen molar-refractivity contribution in [1.82, 2.24) is 9.47 Å². The lowest BCUT2D eigenvalue weighted by Gasteiger charge is -2.39. The highest BCUT2D eigenvalue weighted by Gasteiger charge is 2.30. The van der Waals surface area contributed by atoms with Crippen LogP contribution in [0.3, 0.4) is 0 Å². The summed E-state index contributed by atoms with van der Waals surface area (Å²) in [6, 6.07) is 12.1. The van der Waals surface area contributed by atoms with Gasteiger partial charge in [0.15, 0.2) is 0 Å². The Hall–Kier alpha value is -3.32.